The molecule has 1 heterocycles. The molecule has 1 aromatic heterocycles. The monoisotopic (exact) mass is 427 g/mol. The van der Waals surface area contributed by atoms with Gasteiger partial charge in [0.05, 0.1) is 5.69 Å². The molecule has 1 saturated carbocycles. The van der Waals surface area contributed by atoms with Gasteiger partial charge in [0.2, 0.25) is 5.91 Å². The van der Waals surface area contributed by atoms with Crippen molar-refractivity contribution in [2.45, 2.75) is 71.8 Å². The molecule has 2 aromatic rings. The van der Waals surface area contributed by atoms with E-state index in [0.29, 0.717) is 18.0 Å². The van der Waals surface area contributed by atoms with Crippen LogP contribution in [0.3, 0.4) is 0 Å². The van der Waals surface area contributed by atoms with E-state index in [9.17, 15) is 14.7 Å². The minimum Gasteiger partial charge on any atom is -0.477 e. The summed E-state index contributed by atoms with van der Waals surface area (Å²) in [6.07, 6.45) is 7.66. The van der Waals surface area contributed by atoms with Crippen molar-refractivity contribution in [1.29, 1.82) is 0 Å². The fourth-order valence-electron chi connectivity index (χ4n) is 4.64. The van der Waals surface area contributed by atoms with Crippen molar-refractivity contribution in [3.63, 3.8) is 0 Å². The number of nitrogens with zero attached hydrogens (tertiary/aromatic N) is 1. The molecule has 1 aliphatic rings. The summed E-state index contributed by atoms with van der Waals surface area (Å²) < 4.78 is 0. The third-order valence-corrected chi connectivity index (χ3v) is 7.30. The van der Waals surface area contributed by atoms with Crippen molar-refractivity contribution in [2.75, 3.05) is 4.90 Å². The van der Waals surface area contributed by atoms with Crippen LogP contribution in [-0.2, 0) is 4.79 Å². The maximum atomic E-state index is 13.3. The highest BCUT2D eigenvalue weighted by Crippen LogP contribution is 2.39. The summed E-state index contributed by atoms with van der Waals surface area (Å²) in [6.45, 7) is 6.16. The normalized spacial score (nSPS) is 19.1. The number of carbonyl (C=O) groups excluding carboxylic acids is 1. The zero-order valence-corrected chi connectivity index (χ0v) is 19.1. The minimum absolute atomic E-state index is 0.0452. The van der Waals surface area contributed by atoms with Crippen molar-refractivity contribution < 1.29 is 14.7 Å². The molecule has 1 aromatic carbocycles. The van der Waals surface area contributed by atoms with Gasteiger partial charge in [-0.3, -0.25) is 4.79 Å². The summed E-state index contributed by atoms with van der Waals surface area (Å²) in [7, 11) is 0. The Bertz CT molecular complexity index is 851. The fourth-order valence-corrected chi connectivity index (χ4v) is 5.63. The van der Waals surface area contributed by atoms with Crippen LogP contribution >= 0.6 is 11.3 Å². The van der Waals surface area contributed by atoms with Crippen molar-refractivity contribution in [3.8, 4) is 10.4 Å². The van der Waals surface area contributed by atoms with Crippen LogP contribution < -0.4 is 4.90 Å². The van der Waals surface area contributed by atoms with Gasteiger partial charge in [0.15, 0.2) is 0 Å². The predicted octanol–water partition coefficient (Wildman–Crippen LogP) is 6.85. The van der Waals surface area contributed by atoms with Crippen molar-refractivity contribution in [2.24, 2.45) is 11.8 Å². The van der Waals surface area contributed by atoms with E-state index in [1.165, 1.54) is 37.0 Å². The Hall–Kier alpha value is -2.14. The maximum Gasteiger partial charge on any atom is 0.348 e. The molecule has 4 nitrogen and oxygen atoms in total. The molecule has 1 N–H and O–H groups in total. The van der Waals surface area contributed by atoms with Crippen molar-refractivity contribution in [3.05, 3.63) is 41.3 Å². The molecular formula is C25H33NO3S. The molecule has 0 bridgehead atoms. The first kappa shape index (κ1) is 22.5. The number of anilines is 1. The van der Waals surface area contributed by atoms with E-state index in [0.717, 1.165) is 29.2 Å². The molecule has 0 atom stereocenters. The lowest BCUT2D eigenvalue weighted by Gasteiger charge is -2.31. The smallest absolute Gasteiger partial charge is 0.348 e. The van der Waals surface area contributed by atoms with Gasteiger partial charge in [-0.25, -0.2) is 4.79 Å². The molecule has 1 aliphatic carbocycles. The third kappa shape index (κ3) is 5.31. The molecule has 5 heteroatoms. The van der Waals surface area contributed by atoms with Crippen LogP contribution in [0.1, 0.15) is 75.4 Å². The Balaban J connectivity index is 1.81. The standard InChI is InChI=1S/C25H33NO3S/c1-4-8-18-11-13-19(14-12-18)15-23(27)26(17(2)3)21-16-22(30-24(21)25(28)29)20-9-6-5-7-10-20/h5-7,9-10,16-19H,4,8,11-15H2,1-3H3,(H,28,29). The van der Waals surface area contributed by atoms with Gasteiger partial charge in [0, 0.05) is 17.3 Å². The molecule has 0 spiro atoms. The summed E-state index contributed by atoms with van der Waals surface area (Å²) in [5.74, 6) is 0.290. The van der Waals surface area contributed by atoms with Crippen LogP contribution in [0.5, 0.6) is 0 Å². The second kappa shape index (κ2) is 10.3. The highest BCUT2D eigenvalue weighted by atomic mass is 32.1. The lowest BCUT2D eigenvalue weighted by Crippen LogP contribution is -2.39. The Morgan fingerprint density at radius 3 is 2.30 bits per heavy atom. The maximum absolute atomic E-state index is 13.3. The Kier molecular flexibility index (Phi) is 7.70. The molecule has 0 radical (unpaired) electrons. The molecule has 0 aliphatic heterocycles. The molecule has 30 heavy (non-hydrogen) atoms. The average Bonchev–Trinajstić information content (AvgIpc) is 3.15. The second-order valence-electron chi connectivity index (χ2n) is 8.73. The lowest BCUT2D eigenvalue weighted by atomic mass is 9.78. The van der Waals surface area contributed by atoms with Gasteiger partial charge in [0.25, 0.3) is 0 Å². The summed E-state index contributed by atoms with van der Waals surface area (Å²) in [6, 6.07) is 11.5. The molecule has 162 valence electrons. The molecule has 0 saturated heterocycles. The van der Waals surface area contributed by atoms with Crippen LogP contribution in [0.15, 0.2) is 36.4 Å². The van der Waals surface area contributed by atoms with Gasteiger partial charge in [-0.05, 0) is 50.2 Å². The molecule has 3 rings (SSSR count). The number of carboxylic acid groups (broad SMARTS) is 1. The number of thiophene rings is 1. The lowest BCUT2D eigenvalue weighted by molar-refractivity contribution is -0.120. The predicted molar refractivity (Wildman–Crippen MR) is 124 cm³/mol. The summed E-state index contributed by atoms with van der Waals surface area (Å²) in [5, 5.41) is 9.81. The van der Waals surface area contributed by atoms with Crippen molar-refractivity contribution >= 4 is 28.9 Å². The van der Waals surface area contributed by atoms with Gasteiger partial charge in [0.1, 0.15) is 4.88 Å². The van der Waals surface area contributed by atoms with E-state index in [2.05, 4.69) is 6.92 Å². The molecular weight excluding hydrogens is 394 g/mol. The van der Waals surface area contributed by atoms with E-state index >= 15 is 0 Å². The number of carboxylic acids is 1. The molecule has 1 fully saturated rings. The van der Waals surface area contributed by atoms with Crippen LogP contribution in [0, 0.1) is 11.8 Å². The number of hydrogen-bond donors (Lipinski definition) is 1. The zero-order valence-electron chi connectivity index (χ0n) is 18.3. The van der Waals surface area contributed by atoms with Gasteiger partial charge in [-0.1, -0.05) is 62.9 Å². The van der Waals surface area contributed by atoms with Crippen LogP contribution in [0.4, 0.5) is 5.69 Å². The van der Waals surface area contributed by atoms with Crippen LogP contribution in [0.2, 0.25) is 0 Å². The highest BCUT2D eigenvalue weighted by molar-refractivity contribution is 7.18. The van der Waals surface area contributed by atoms with Crippen molar-refractivity contribution in [1.82, 2.24) is 0 Å². The second-order valence-corrected chi connectivity index (χ2v) is 9.79. The average molecular weight is 428 g/mol. The van der Waals surface area contributed by atoms with Gasteiger partial charge in [-0.2, -0.15) is 0 Å². The topological polar surface area (TPSA) is 57.6 Å². The summed E-state index contributed by atoms with van der Waals surface area (Å²) in [5.41, 5.74) is 1.51. The number of benzene rings is 1. The highest BCUT2D eigenvalue weighted by Gasteiger charge is 2.30. The molecule has 0 unspecified atom stereocenters. The molecule has 1 amide bonds. The van der Waals surface area contributed by atoms with Crippen LogP contribution in [-0.4, -0.2) is 23.0 Å². The largest absolute Gasteiger partial charge is 0.477 e. The Morgan fingerprint density at radius 2 is 1.73 bits per heavy atom. The Morgan fingerprint density at radius 1 is 1.10 bits per heavy atom. The number of amides is 1. The van der Waals surface area contributed by atoms with E-state index in [4.69, 9.17) is 0 Å². The van der Waals surface area contributed by atoms with E-state index < -0.39 is 5.97 Å². The van der Waals surface area contributed by atoms with Gasteiger partial charge < -0.3 is 10.0 Å². The summed E-state index contributed by atoms with van der Waals surface area (Å²) in [4.78, 5) is 28.1. The number of hydrogen-bond acceptors (Lipinski definition) is 3. The number of carbonyl (C=O) groups is 2. The van der Waals surface area contributed by atoms with Gasteiger partial charge in [-0.15, -0.1) is 11.3 Å². The first-order valence-electron chi connectivity index (χ1n) is 11.1. The van der Waals surface area contributed by atoms with E-state index in [1.807, 2.05) is 50.2 Å². The first-order valence-corrected chi connectivity index (χ1v) is 12.0. The van der Waals surface area contributed by atoms with Crippen LogP contribution in [0.25, 0.3) is 10.4 Å². The zero-order chi connectivity index (χ0) is 21.7. The first-order chi connectivity index (χ1) is 14.4. The SMILES string of the molecule is CCCC1CCC(CC(=O)N(c2cc(-c3ccccc3)sc2C(=O)O)C(C)C)CC1. The fraction of sp³-hybridized carbons (Fsp3) is 0.520. The van der Waals surface area contributed by atoms with E-state index in [1.54, 1.807) is 4.90 Å². The third-order valence-electron chi connectivity index (χ3n) is 6.14. The minimum atomic E-state index is -0.976. The summed E-state index contributed by atoms with van der Waals surface area (Å²) >= 11 is 1.24. The quantitative estimate of drug-likeness (QED) is 0.501. The number of rotatable bonds is 8. The van der Waals surface area contributed by atoms with E-state index in [-0.39, 0.29) is 16.8 Å². The van der Waals surface area contributed by atoms with Gasteiger partial charge >= 0.3 is 5.97 Å². The Labute approximate surface area is 183 Å². The number of aromatic carboxylic acids is 1.